The van der Waals surface area contributed by atoms with E-state index in [0.29, 0.717) is 17.5 Å². The van der Waals surface area contributed by atoms with Crippen molar-refractivity contribution < 1.29 is 4.74 Å². The largest absolute Gasteiger partial charge is 0.493 e. The molecule has 0 saturated carbocycles. The highest BCUT2D eigenvalue weighted by molar-refractivity contribution is 6.30. The molecule has 0 amide bonds. The van der Waals surface area contributed by atoms with Crippen LogP contribution in [-0.2, 0) is 0 Å². The molecular formula is C10H12ClNO. The fourth-order valence-electron chi connectivity index (χ4n) is 1.64. The molecule has 0 bridgehead atoms. The molecule has 1 aromatic carbocycles. The van der Waals surface area contributed by atoms with Gasteiger partial charge in [0.25, 0.3) is 0 Å². The quantitative estimate of drug-likeness (QED) is 0.749. The summed E-state index contributed by atoms with van der Waals surface area (Å²) in [5.41, 5.74) is 7.02. The Bertz CT molecular complexity index is 325. The highest BCUT2D eigenvalue weighted by atomic mass is 35.5. The Morgan fingerprint density at radius 1 is 1.62 bits per heavy atom. The lowest BCUT2D eigenvalue weighted by molar-refractivity contribution is 0.318. The van der Waals surface area contributed by atoms with Crippen molar-refractivity contribution >= 4 is 11.6 Å². The first-order valence-corrected chi connectivity index (χ1v) is 4.74. The minimum atomic E-state index is 0.127. The molecule has 0 radical (unpaired) electrons. The van der Waals surface area contributed by atoms with Crippen LogP contribution in [0.5, 0.6) is 5.75 Å². The predicted molar refractivity (Wildman–Crippen MR) is 53.3 cm³/mol. The van der Waals surface area contributed by atoms with Gasteiger partial charge in [-0.15, -0.1) is 0 Å². The fraction of sp³-hybridized carbons (Fsp3) is 0.400. The van der Waals surface area contributed by atoms with E-state index in [2.05, 4.69) is 0 Å². The van der Waals surface area contributed by atoms with Crippen LogP contribution in [-0.4, -0.2) is 12.6 Å². The van der Waals surface area contributed by atoms with Gasteiger partial charge in [-0.05, 0) is 19.1 Å². The molecule has 2 nitrogen and oxygen atoms in total. The molecule has 2 atom stereocenters. The zero-order valence-corrected chi connectivity index (χ0v) is 8.21. The standard InChI is InChI=1S/C10H12ClNO/c1-6(12)9-5-13-10-4-7(11)2-3-8(9)10/h2-4,6,9H,5,12H2,1H3. The molecule has 2 rings (SSSR count). The normalized spacial score (nSPS) is 22.2. The minimum absolute atomic E-state index is 0.127. The van der Waals surface area contributed by atoms with E-state index in [1.165, 1.54) is 5.56 Å². The van der Waals surface area contributed by atoms with Crippen LogP contribution in [0.2, 0.25) is 5.02 Å². The second-order valence-corrected chi connectivity index (χ2v) is 3.90. The van der Waals surface area contributed by atoms with Crippen molar-refractivity contribution in [3.8, 4) is 5.75 Å². The summed E-state index contributed by atoms with van der Waals surface area (Å²) in [4.78, 5) is 0. The Kier molecular flexibility index (Phi) is 2.18. The van der Waals surface area contributed by atoms with Crippen molar-refractivity contribution in [3.05, 3.63) is 28.8 Å². The van der Waals surface area contributed by atoms with E-state index in [9.17, 15) is 0 Å². The molecule has 0 saturated heterocycles. The lowest BCUT2D eigenvalue weighted by atomic mass is 9.95. The Morgan fingerprint density at radius 3 is 3.08 bits per heavy atom. The average Bonchev–Trinajstić information content (AvgIpc) is 2.46. The molecule has 3 heteroatoms. The van der Waals surface area contributed by atoms with E-state index < -0.39 is 0 Å². The van der Waals surface area contributed by atoms with Gasteiger partial charge in [0.1, 0.15) is 5.75 Å². The monoisotopic (exact) mass is 197 g/mol. The van der Waals surface area contributed by atoms with Crippen molar-refractivity contribution in [2.45, 2.75) is 18.9 Å². The zero-order chi connectivity index (χ0) is 9.42. The van der Waals surface area contributed by atoms with Gasteiger partial charge in [-0.2, -0.15) is 0 Å². The maximum atomic E-state index is 5.84. The number of benzene rings is 1. The second kappa shape index (κ2) is 3.20. The minimum Gasteiger partial charge on any atom is -0.493 e. The molecule has 0 aliphatic carbocycles. The van der Waals surface area contributed by atoms with Gasteiger partial charge in [-0.25, -0.2) is 0 Å². The van der Waals surface area contributed by atoms with Gasteiger partial charge in [0, 0.05) is 22.5 Å². The van der Waals surface area contributed by atoms with Crippen LogP contribution in [0, 0.1) is 0 Å². The smallest absolute Gasteiger partial charge is 0.124 e. The molecule has 70 valence electrons. The van der Waals surface area contributed by atoms with Crippen molar-refractivity contribution in [1.29, 1.82) is 0 Å². The van der Waals surface area contributed by atoms with Crippen molar-refractivity contribution in [2.24, 2.45) is 5.73 Å². The summed E-state index contributed by atoms with van der Waals surface area (Å²) in [6.07, 6.45) is 0. The van der Waals surface area contributed by atoms with E-state index in [-0.39, 0.29) is 6.04 Å². The third-order valence-corrected chi connectivity index (χ3v) is 2.66. The molecule has 2 unspecified atom stereocenters. The number of nitrogens with two attached hydrogens (primary N) is 1. The van der Waals surface area contributed by atoms with Gasteiger partial charge < -0.3 is 10.5 Å². The highest BCUT2D eigenvalue weighted by Crippen LogP contribution is 2.36. The Hall–Kier alpha value is -0.730. The first-order chi connectivity index (χ1) is 6.18. The summed E-state index contributed by atoms with van der Waals surface area (Å²) in [6, 6.07) is 5.85. The van der Waals surface area contributed by atoms with Gasteiger partial charge in [0.05, 0.1) is 6.61 Å². The maximum absolute atomic E-state index is 5.84. The van der Waals surface area contributed by atoms with Crippen molar-refractivity contribution in [3.63, 3.8) is 0 Å². The van der Waals surface area contributed by atoms with Gasteiger partial charge in [-0.1, -0.05) is 17.7 Å². The zero-order valence-electron chi connectivity index (χ0n) is 7.46. The molecule has 0 fully saturated rings. The number of ether oxygens (including phenoxy) is 1. The highest BCUT2D eigenvalue weighted by Gasteiger charge is 2.26. The summed E-state index contributed by atoms with van der Waals surface area (Å²) in [5, 5.41) is 0.712. The molecule has 0 aromatic heterocycles. The van der Waals surface area contributed by atoms with Gasteiger partial charge in [-0.3, -0.25) is 0 Å². The van der Waals surface area contributed by atoms with E-state index >= 15 is 0 Å². The Labute approximate surface area is 82.6 Å². The van der Waals surface area contributed by atoms with E-state index in [1.54, 1.807) is 0 Å². The molecule has 2 N–H and O–H groups in total. The molecular weight excluding hydrogens is 186 g/mol. The fourth-order valence-corrected chi connectivity index (χ4v) is 1.81. The summed E-state index contributed by atoms with van der Waals surface area (Å²) in [6.45, 7) is 2.67. The first-order valence-electron chi connectivity index (χ1n) is 4.36. The average molecular weight is 198 g/mol. The van der Waals surface area contributed by atoms with E-state index in [0.717, 1.165) is 5.75 Å². The third-order valence-electron chi connectivity index (χ3n) is 2.43. The van der Waals surface area contributed by atoms with Crippen molar-refractivity contribution in [2.75, 3.05) is 6.61 Å². The second-order valence-electron chi connectivity index (χ2n) is 3.46. The van der Waals surface area contributed by atoms with Gasteiger partial charge >= 0.3 is 0 Å². The third kappa shape index (κ3) is 1.52. The molecule has 1 aromatic rings. The molecule has 1 aliphatic rings. The molecule has 1 aliphatic heterocycles. The Morgan fingerprint density at radius 2 is 2.38 bits per heavy atom. The maximum Gasteiger partial charge on any atom is 0.124 e. The number of fused-ring (bicyclic) bond motifs is 1. The molecule has 0 spiro atoms. The van der Waals surface area contributed by atoms with Crippen LogP contribution in [0.3, 0.4) is 0 Å². The van der Waals surface area contributed by atoms with Crippen molar-refractivity contribution in [1.82, 2.24) is 0 Å². The topological polar surface area (TPSA) is 35.2 Å². The van der Waals surface area contributed by atoms with Crippen LogP contribution >= 0.6 is 11.6 Å². The van der Waals surface area contributed by atoms with Crippen LogP contribution < -0.4 is 10.5 Å². The lowest BCUT2D eigenvalue weighted by Gasteiger charge is -2.12. The SMILES string of the molecule is CC(N)C1COc2cc(Cl)ccc21. The number of hydrogen-bond acceptors (Lipinski definition) is 2. The summed E-state index contributed by atoms with van der Waals surface area (Å²) >= 11 is 5.84. The van der Waals surface area contributed by atoms with Gasteiger partial charge in [0.2, 0.25) is 0 Å². The number of halogens is 1. The lowest BCUT2D eigenvalue weighted by Crippen LogP contribution is -2.25. The summed E-state index contributed by atoms with van der Waals surface area (Å²) in [7, 11) is 0. The van der Waals surface area contributed by atoms with Crippen LogP contribution in [0.4, 0.5) is 0 Å². The van der Waals surface area contributed by atoms with Crippen LogP contribution in [0.1, 0.15) is 18.4 Å². The van der Waals surface area contributed by atoms with Crippen LogP contribution in [0.15, 0.2) is 18.2 Å². The molecule has 13 heavy (non-hydrogen) atoms. The Balaban J connectivity index is 2.38. The number of hydrogen-bond donors (Lipinski definition) is 1. The van der Waals surface area contributed by atoms with Gasteiger partial charge in [0.15, 0.2) is 0 Å². The van der Waals surface area contributed by atoms with E-state index in [4.69, 9.17) is 22.1 Å². The number of rotatable bonds is 1. The van der Waals surface area contributed by atoms with E-state index in [1.807, 2.05) is 25.1 Å². The molecule has 1 heterocycles. The van der Waals surface area contributed by atoms with Crippen LogP contribution in [0.25, 0.3) is 0 Å². The predicted octanol–water partition coefficient (Wildman–Crippen LogP) is 2.16. The summed E-state index contributed by atoms with van der Waals surface area (Å²) in [5.74, 6) is 1.20. The first kappa shape index (κ1) is 8.85. The summed E-state index contributed by atoms with van der Waals surface area (Å²) < 4.78 is 5.49.